The molecule has 5 rings (SSSR count). The summed E-state index contributed by atoms with van der Waals surface area (Å²) in [5.74, 6) is 2.09. The average molecular weight is 561 g/mol. The lowest BCUT2D eigenvalue weighted by Gasteiger charge is -2.56. The van der Waals surface area contributed by atoms with E-state index in [1.165, 1.54) is 20.3 Å². The molecule has 2 heterocycles. The monoisotopic (exact) mass is 560 g/mol. The van der Waals surface area contributed by atoms with Crippen molar-refractivity contribution in [1.82, 2.24) is 0 Å². The third kappa shape index (κ3) is 5.00. The van der Waals surface area contributed by atoms with Crippen molar-refractivity contribution >= 4 is 17.9 Å². The van der Waals surface area contributed by atoms with E-state index in [2.05, 4.69) is 41.5 Å². The molecular weight excluding hydrogens is 508 g/mol. The van der Waals surface area contributed by atoms with Crippen LogP contribution in [0.3, 0.4) is 0 Å². The van der Waals surface area contributed by atoms with E-state index in [0.29, 0.717) is 67.2 Å². The standard InChI is InChI=1S/C33H52O7/c1-9-21(17(2)3)30-29(40-30)18(4)23-10-11-24-22-16-37-31(36)26-14-27(38-19(5)34)28(39-20(6)35)15-33(26,8)25(22)12-13-32(23,24)7/h17-18,21-30H,9-16H2,1-8H3/t18-,21-,22-,23+,24-,25-,26+,27-,28+,29?,30?,32+,33+/m0/s1. The van der Waals surface area contributed by atoms with Gasteiger partial charge in [-0.1, -0.05) is 48.0 Å². The quantitative estimate of drug-likeness (QED) is 0.215. The van der Waals surface area contributed by atoms with Crippen molar-refractivity contribution in [2.45, 2.75) is 125 Å². The van der Waals surface area contributed by atoms with Crippen molar-refractivity contribution in [3.63, 3.8) is 0 Å². The fourth-order valence-corrected chi connectivity index (χ4v) is 10.5. The van der Waals surface area contributed by atoms with Crippen LogP contribution in [0.1, 0.15) is 100 Å². The van der Waals surface area contributed by atoms with Crippen LogP contribution < -0.4 is 0 Å². The van der Waals surface area contributed by atoms with Gasteiger partial charge in [-0.25, -0.2) is 0 Å². The van der Waals surface area contributed by atoms with Crippen LogP contribution in [-0.4, -0.2) is 48.9 Å². The van der Waals surface area contributed by atoms with Gasteiger partial charge in [0.25, 0.3) is 0 Å². The van der Waals surface area contributed by atoms with Gasteiger partial charge < -0.3 is 18.9 Å². The fourth-order valence-electron chi connectivity index (χ4n) is 10.5. The smallest absolute Gasteiger partial charge is 0.309 e. The number of epoxide rings is 1. The van der Waals surface area contributed by atoms with Crippen molar-refractivity contribution in [2.24, 2.45) is 58.2 Å². The number of hydrogen-bond donors (Lipinski definition) is 0. The minimum absolute atomic E-state index is 0.187. The molecule has 0 aromatic heterocycles. The van der Waals surface area contributed by atoms with Crippen LogP contribution in [0.4, 0.5) is 0 Å². The van der Waals surface area contributed by atoms with Crippen LogP contribution >= 0.6 is 0 Å². The van der Waals surface area contributed by atoms with Crippen LogP contribution in [0.25, 0.3) is 0 Å². The first-order valence-corrected chi connectivity index (χ1v) is 16.0. The Morgan fingerprint density at radius 3 is 2.23 bits per heavy atom. The highest BCUT2D eigenvalue weighted by Crippen LogP contribution is 2.67. The van der Waals surface area contributed by atoms with Gasteiger partial charge >= 0.3 is 17.9 Å². The average Bonchev–Trinajstić information content (AvgIpc) is 3.57. The van der Waals surface area contributed by atoms with Gasteiger partial charge in [0.2, 0.25) is 0 Å². The molecular formula is C33H52O7. The Morgan fingerprint density at radius 2 is 1.60 bits per heavy atom. The molecule has 2 saturated heterocycles. The van der Waals surface area contributed by atoms with Crippen molar-refractivity contribution < 1.29 is 33.3 Å². The predicted molar refractivity (Wildman–Crippen MR) is 150 cm³/mol. The maximum atomic E-state index is 13.5. The highest BCUT2D eigenvalue weighted by molar-refractivity contribution is 5.74. The van der Waals surface area contributed by atoms with Gasteiger partial charge in [-0.15, -0.1) is 0 Å². The summed E-state index contributed by atoms with van der Waals surface area (Å²) in [5, 5.41) is 0. The molecule has 0 aromatic rings. The van der Waals surface area contributed by atoms with Crippen molar-refractivity contribution in [2.75, 3.05) is 6.61 Å². The first-order valence-electron chi connectivity index (χ1n) is 16.0. The molecule has 0 aromatic carbocycles. The van der Waals surface area contributed by atoms with Crippen LogP contribution in [0.2, 0.25) is 0 Å². The van der Waals surface area contributed by atoms with E-state index in [1.54, 1.807) is 0 Å². The number of esters is 3. The molecule has 13 atom stereocenters. The zero-order valence-electron chi connectivity index (χ0n) is 25.9. The first kappa shape index (κ1) is 29.8. The zero-order chi connectivity index (χ0) is 29.1. The minimum atomic E-state index is -0.626. The molecule has 2 unspecified atom stereocenters. The third-order valence-corrected chi connectivity index (χ3v) is 12.5. The predicted octanol–water partition coefficient (Wildman–Crippen LogP) is 5.97. The number of fused-ring (bicyclic) bond motifs is 5. The lowest BCUT2D eigenvalue weighted by Crippen LogP contribution is -2.56. The van der Waals surface area contributed by atoms with Gasteiger partial charge in [-0.3, -0.25) is 14.4 Å². The Hall–Kier alpha value is -1.63. The van der Waals surface area contributed by atoms with Crippen molar-refractivity contribution in [1.29, 1.82) is 0 Å². The Labute approximate surface area is 240 Å². The van der Waals surface area contributed by atoms with E-state index in [9.17, 15) is 14.4 Å². The minimum Gasteiger partial charge on any atom is -0.465 e. The summed E-state index contributed by atoms with van der Waals surface area (Å²) in [5.41, 5.74) is -0.181. The van der Waals surface area contributed by atoms with Crippen LogP contribution in [0.15, 0.2) is 0 Å². The van der Waals surface area contributed by atoms with Gasteiger partial charge in [0.05, 0.1) is 24.7 Å². The molecule has 226 valence electrons. The molecule has 0 spiro atoms. The normalized spacial score (nSPS) is 45.7. The van der Waals surface area contributed by atoms with Crippen LogP contribution in [-0.2, 0) is 33.3 Å². The summed E-state index contributed by atoms with van der Waals surface area (Å²) in [6.07, 6.45) is 6.13. The summed E-state index contributed by atoms with van der Waals surface area (Å²) in [7, 11) is 0. The second-order valence-corrected chi connectivity index (χ2v) is 14.8. The van der Waals surface area contributed by atoms with Crippen molar-refractivity contribution in [3.05, 3.63) is 0 Å². The summed E-state index contributed by atoms with van der Waals surface area (Å²) in [6.45, 7) is 17.3. The Balaban J connectivity index is 1.38. The molecule has 0 N–H and O–H groups in total. The molecule has 7 heteroatoms. The van der Waals surface area contributed by atoms with Crippen LogP contribution in [0.5, 0.6) is 0 Å². The first-order chi connectivity index (χ1) is 18.8. The topological polar surface area (TPSA) is 91.4 Å². The maximum Gasteiger partial charge on any atom is 0.309 e. The fraction of sp³-hybridized carbons (Fsp3) is 0.909. The number of rotatable bonds is 7. The molecule has 0 bridgehead atoms. The summed E-state index contributed by atoms with van der Waals surface area (Å²) in [6, 6.07) is 0. The van der Waals surface area contributed by atoms with E-state index in [0.717, 1.165) is 25.7 Å². The number of ether oxygens (including phenoxy) is 4. The number of hydrogen-bond acceptors (Lipinski definition) is 7. The van der Waals surface area contributed by atoms with Gasteiger partial charge in [0, 0.05) is 20.3 Å². The van der Waals surface area contributed by atoms with E-state index < -0.39 is 18.2 Å². The second kappa shape index (κ2) is 10.9. The highest BCUT2D eigenvalue weighted by atomic mass is 16.6. The van der Waals surface area contributed by atoms with Gasteiger partial charge in [-0.05, 0) is 84.4 Å². The highest BCUT2D eigenvalue weighted by Gasteiger charge is 2.65. The molecule has 40 heavy (non-hydrogen) atoms. The SMILES string of the molecule is CC[C@@H](C(C)C)C1OC1[C@@H](C)[C@H]1CC[C@H]2[C@@H]3COC(=O)[C@H]4C[C@H](OC(C)=O)[C@H](OC(C)=O)C[C@]4(C)[C@H]3CC[C@]12C. The summed E-state index contributed by atoms with van der Waals surface area (Å²) >= 11 is 0. The lowest BCUT2D eigenvalue weighted by atomic mass is 9.48. The van der Waals surface area contributed by atoms with Gasteiger partial charge in [0.15, 0.2) is 0 Å². The molecule has 0 radical (unpaired) electrons. The van der Waals surface area contributed by atoms with E-state index in [4.69, 9.17) is 18.9 Å². The molecule has 5 aliphatic rings. The molecule has 3 saturated carbocycles. The molecule has 3 aliphatic carbocycles. The Morgan fingerprint density at radius 1 is 0.950 bits per heavy atom. The number of cyclic esters (lactones) is 1. The Bertz CT molecular complexity index is 993. The summed E-state index contributed by atoms with van der Waals surface area (Å²) < 4.78 is 23.8. The second-order valence-electron chi connectivity index (χ2n) is 14.8. The largest absolute Gasteiger partial charge is 0.465 e. The molecule has 0 amide bonds. The molecule has 7 nitrogen and oxygen atoms in total. The van der Waals surface area contributed by atoms with E-state index in [1.807, 2.05) is 0 Å². The number of carbonyl (C=O) groups is 3. The van der Waals surface area contributed by atoms with Gasteiger partial charge in [-0.2, -0.15) is 0 Å². The van der Waals surface area contributed by atoms with Crippen LogP contribution in [0, 0.1) is 58.2 Å². The van der Waals surface area contributed by atoms with Crippen molar-refractivity contribution in [3.8, 4) is 0 Å². The lowest BCUT2D eigenvalue weighted by molar-refractivity contribution is -0.188. The summed E-state index contributed by atoms with van der Waals surface area (Å²) in [4.78, 5) is 37.4. The maximum absolute atomic E-state index is 13.5. The van der Waals surface area contributed by atoms with Gasteiger partial charge in [0.1, 0.15) is 12.2 Å². The Kier molecular flexibility index (Phi) is 8.13. The number of carbonyl (C=O) groups excluding carboxylic acids is 3. The molecule has 2 aliphatic heterocycles. The zero-order valence-corrected chi connectivity index (χ0v) is 25.9. The van der Waals surface area contributed by atoms with E-state index >= 15 is 0 Å². The molecule has 5 fully saturated rings. The van der Waals surface area contributed by atoms with E-state index in [-0.39, 0.29) is 34.6 Å². The third-order valence-electron chi connectivity index (χ3n) is 12.5.